The molecule has 1 heterocycles. The van der Waals surface area contributed by atoms with Gasteiger partial charge in [0.2, 0.25) is 0 Å². The first-order valence-electron chi connectivity index (χ1n) is 10.1. The van der Waals surface area contributed by atoms with Gasteiger partial charge in [0.05, 0.1) is 12.2 Å². The molecule has 1 unspecified atom stereocenters. The smallest absolute Gasteiger partial charge is 0.266 e. The number of carbonyl (C=O) groups is 1. The summed E-state index contributed by atoms with van der Waals surface area (Å²) >= 11 is 10.7. The third kappa shape index (κ3) is 5.24. The van der Waals surface area contributed by atoms with Gasteiger partial charge in [0.1, 0.15) is 15.9 Å². The van der Waals surface area contributed by atoms with Crippen molar-refractivity contribution in [3.63, 3.8) is 0 Å². The molecule has 3 aliphatic rings. The van der Waals surface area contributed by atoms with Gasteiger partial charge in [-0.2, -0.15) is 0 Å². The number of halogens is 3. The second kappa shape index (κ2) is 8.69. The molecule has 1 aliphatic heterocycles. The van der Waals surface area contributed by atoms with Crippen LogP contribution in [0.2, 0.25) is 0 Å². The Morgan fingerprint density at radius 3 is 2.52 bits per heavy atom. The highest BCUT2D eigenvalue weighted by molar-refractivity contribution is 7.81. The Morgan fingerprint density at radius 1 is 1.24 bits per heavy atom. The van der Waals surface area contributed by atoms with Crippen molar-refractivity contribution in [2.45, 2.75) is 55.2 Å². The Bertz CT molecular complexity index is 805. The molecule has 0 aromatic heterocycles. The maximum absolute atomic E-state index is 14.7. The molecule has 2 saturated carbocycles. The van der Waals surface area contributed by atoms with Gasteiger partial charge in [0, 0.05) is 19.2 Å². The van der Waals surface area contributed by atoms with Gasteiger partial charge in [0.25, 0.3) is 5.91 Å². The summed E-state index contributed by atoms with van der Waals surface area (Å²) in [7, 11) is 0. The predicted octanol–water partition coefficient (Wildman–Crippen LogP) is 4.46. The molecule has 1 amide bonds. The fourth-order valence-electron chi connectivity index (χ4n) is 3.71. The lowest BCUT2D eigenvalue weighted by atomic mass is 9.89. The second-order valence-corrected chi connectivity index (χ2v) is 11.1. The normalized spacial score (nSPS) is 23.3. The molecule has 1 aromatic carbocycles. The van der Waals surface area contributed by atoms with Gasteiger partial charge in [0.15, 0.2) is 11.2 Å². The third-order valence-corrected chi connectivity index (χ3v) is 7.85. The molecule has 29 heavy (non-hydrogen) atoms. The van der Waals surface area contributed by atoms with Gasteiger partial charge < -0.3 is 4.74 Å². The number of amides is 1. The van der Waals surface area contributed by atoms with Crippen LogP contribution < -0.4 is 9.46 Å². The van der Waals surface area contributed by atoms with Crippen molar-refractivity contribution in [2.75, 3.05) is 19.7 Å². The van der Waals surface area contributed by atoms with Gasteiger partial charge in [-0.15, -0.1) is 23.2 Å². The first-order chi connectivity index (χ1) is 13.8. The van der Waals surface area contributed by atoms with Crippen LogP contribution in [-0.4, -0.2) is 38.5 Å². The molecule has 0 bridgehead atoms. The van der Waals surface area contributed by atoms with Crippen LogP contribution in [-0.2, 0) is 11.2 Å². The van der Waals surface area contributed by atoms with E-state index >= 15 is 0 Å². The highest BCUT2D eigenvalue weighted by atomic mass is 35.5. The van der Waals surface area contributed by atoms with Gasteiger partial charge in [-0.05, 0) is 68.4 Å². The molecule has 160 valence electrons. The molecule has 0 spiro atoms. The summed E-state index contributed by atoms with van der Waals surface area (Å²) in [5.41, 5.74) is 0.769. The summed E-state index contributed by atoms with van der Waals surface area (Å²) in [6.07, 6.45) is 6.13. The molecular formula is C20H25Cl2FN2O3S. The Hall–Kier alpha value is -0.890. The minimum atomic E-state index is -1.62. The summed E-state index contributed by atoms with van der Waals surface area (Å²) in [5, 5.41) is 0. The lowest BCUT2D eigenvalue weighted by Crippen LogP contribution is -2.45. The first kappa shape index (κ1) is 21.3. The van der Waals surface area contributed by atoms with E-state index < -0.39 is 27.2 Å². The van der Waals surface area contributed by atoms with Crippen molar-refractivity contribution in [3.05, 3.63) is 29.1 Å². The Labute approximate surface area is 183 Å². The van der Waals surface area contributed by atoms with Gasteiger partial charge in [-0.1, -0.05) is 0 Å². The molecule has 9 heteroatoms. The van der Waals surface area contributed by atoms with E-state index in [1.54, 1.807) is 10.4 Å². The van der Waals surface area contributed by atoms with Crippen LogP contribution >= 0.6 is 23.2 Å². The number of rotatable bonds is 7. The number of carbonyl (C=O) groups excluding carboxylic acids is 1. The maximum atomic E-state index is 14.7. The van der Waals surface area contributed by atoms with Crippen LogP contribution in [0.5, 0.6) is 5.75 Å². The molecule has 0 radical (unpaired) electrons. The third-order valence-electron chi connectivity index (χ3n) is 5.90. The van der Waals surface area contributed by atoms with Gasteiger partial charge in [-0.3, -0.25) is 9.52 Å². The quantitative estimate of drug-likeness (QED) is 0.608. The van der Waals surface area contributed by atoms with Crippen molar-refractivity contribution in [1.82, 2.24) is 9.03 Å². The predicted molar refractivity (Wildman–Crippen MR) is 112 cm³/mol. The van der Waals surface area contributed by atoms with Crippen LogP contribution in [0, 0.1) is 11.7 Å². The average molecular weight is 463 g/mol. The Kier molecular flexibility index (Phi) is 6.40. The molecule has 1 N–H and O–H groups in total. The van der Waals surface area contributed by atoms with E-state index in [9.17, 15) is 13.4 Å². The maximum Gasteiger partial charge on any atom is 0.266 e. The van der Waals surface area contributed by atoms with E-state index in [1.165, 1.54) is 6.07 Å². The highest BCUT2D eigenvalue weighted by Gasteiger charge is 2.33. The summed E-state index contributed by atoms with van der Waals surface area (Å²) in [5.74, 6) is -0.208. The number of nitrogens with one attached hydrogen (secondary N) is 1. The van der Waals surface area contributed by atoms with E-state index in [4.69, 9.17) is 27.9 Å². The van der Waals surface area contributed by atoms with E-state index in [0.29, 0.717) is 31.4 Å². The van der Waals surface area contributed by atoms with Crippen molar-refractivity contribution >= 4 is 40.3 Å². The van der Waals surface area contributed by atoms with E-state index in [2.05, 4.69) is 4.72 Å². The first-order valence-corrected chi connectivity index (χ1v) is 12.0. The van der Waals surface area contributed by atoms with Gasteiger partial charge >= 0.3 is 0 Å². The lowest BCUT2D eigenvalue weighted by Gasteiger charge is -2.30. The lowest BCUT2D eigenvalue weighted by molar-refractivity contribution is 0.0976. The van der Waals surface area contributed by atoms with E-state index in [0.717, 1.165) is 50.5 Å². The summed E-state index contributed by atoms with van der Waals surface area (Å²) in [6, 6.07) is 2.86. The minimum Gasteiger partial charge on any atom is -0.493 e. The molecule has 1 aromatic rings. The molecule has 1 atom stereocenters. The zero-order valence-corrected chi connectivity index (χ0v) is 18.4. The van der Waals surface area contributed by atoms with Crippen molar-refractivity contribution in [2.24, 2.45) is 5.92 Å². The number of hydrogen-bond acceptors (Lipinski definition) is 3. The number of nitrogens with zero attached hydrogens (tertiary/aromatic N) is 1. The van der Waals surface area contributed by atoms with Crippen molar-refractivity contribution in [1.29, 1.82) is 0 Å². The van der Waals surface area contributed by atoms with Crippen LogP contribution in [0.25, 0.3) is 0 Å². The number of alkyl halides is 2. The molecule has 3 fully saturated rings. The number of ether oxygens (including phenoxy) is 1. The summed E-state index contributed by atoms with van der Waals surface area (Å²) < 4.78 is 36.1. The minimum absolute atomic E-state index is 0.0835. The second-order valence-electron chi connectivity index (χ2n) is 8.22. The van der Waals surface area contributed by atoms with E-state index in [1.807, 2.05) is 0 Å². The highest BCUT2D eigenvalue weighted by Crippen LogP contribution is 2.46. The number of hydrogen-bond donors (Lipinski definition) is 1. The van der Waals surface area contributed by atoms with Gasteiger partial charge in [-0.25, -0.2) is 12.9 Å². The van der Waals surface area contributed by atoms with Crippen LogP contribution in [0.3, 0.4) is 0 Å². The fraction of sp³-hybridized carbons (Fsp3) is 0.650. The molecule has 4 rings (SSSR count). The van der Waals surface area contributed by atoms with Crippen LogP contribution in [0.1, 0.15) is 66.8 Å². The molecule has 5 nitrogen and oxygen atoms in total. The zero-order chi connectivity index (χ0) is 20.6. The molecular weight excluding hydrogens is 438 g/mol. The topological polar surface area (TPSA) is 58.6 Å². The molecule has 1 saturated heterocycles. The Morgan fingerprint density at radius 2 is 1.93 bits per heavy atom. The standard InChI is InChI=1S/C20H25Cl2FN2O3S/c21-20(22)6-4-13(5-7-20)12-28-18-11-17(23)16(10-15(18)14-2-3-14)19(26)24-29(27)25-8-1-9-25/h10-11,13-14H,1-9,12H2,(H,24,26). The monoisotopic (exact) mass is 462 g/mol. The van der Waals surface area contributed by atoms with Crippen molar-refractivity contribution < 1.29 is 18.1 Å². The number of benzene rings is 1. The SMILES string of the molecule is O=C(NS(=O)N1CCC1)c1cc(C2CC2)c(OCC2CCC(Cl)(Cl)CC2)cc1F. The van der Waals surface area contributed by atoms with Crippen molar-refractivity contribution in [3.8, 4) is 5.75 Å². The Balaban J connectivity index is 1.43. The van der Waals surface area contributed by atoms with E-state index in [-0.39, 0.29) is 11.5 Å². The largest absolute Gasteiger partial charge is 0.493 e. The summed E-state index contributed by atoms with van der Waals surface area (Å²) in [6.45, 7) is 1.82. The average Bonchev–Trinajstić information content (AvgIpc) is 3.44. The fourth-order valence-corrected chi connectivity index (χ4v) is 5.13. The molecule has 2 aliphatic carbocycles. The zero-order valence-electron chi connectivity index (χ0n) is 16.1. The van der Waals surface area contributed by atoms with Crippen LogP contribution in [0.4, 0.5) is 4.39 Å². The van der Waals surface area contributed by atoms with Crippen LogP contribution in [0.15, 0.2) is 12.1 Å². The summed E-state index contributed by atoms with van der Waals surface area (Å²) in [4.78, 5) is 12.5.